The van der Waals surface area contributed by atoms with Crippen LogP contribution in [-0.4, -0.2) is 0 Å². The zero-order chi connectivity index (χ0) is 12.3. The van der Waals surface area contributed by atoms with Crippen LogP contribution < -0.4 is 4.74 Å². The fourth-order valence-corrected chi connectivity index (χ4v) is 1.51. The zero-order valence-corrected chi connectivity index (χ0v) is 9.41. The van der Waals surface area contributed by atoms with Gasteiger partial charge in [-0.2, -0.15) is 5.26 Å². The minimum Gasteiger partial charge on any atom is -0.451 e. The maximum absolute atomic E-state index is 13.5. The number of hydrogen-bond donors (Lipinski definition) is 0. The Morgan fingerprint density at radius 1 is 1.12 bits per heavy atom. The van der Waals surface area contributed by atoms with Crippen molar-refractivity contribution in [3.8, 4) is 17.6 Å². The molecule has 0 amide bonds. The van der Waals surface area contributed by atoms with E-state index in [0.717, 1.165) is 0 Å². The molecule has 2 nitrogen and oxygen atoms in total. The number of rotatable bonds is 2. The van der Waals surface area contributed by atoms with Crippen molar-refractivity contribution in [1.29, 1.82) is 5.26 Å². The molecule has 0 heterocycles. The molecule has 17 heavy (non-hydrogen) atoms. The summed E-state index contributed by atoms with van der Waals surface area (Å²) in [7, 11) is 0. The van der Waals surface area contributed by atoms with Crippen LogP contribution in [-0.2, 0) is 0 Å². The Kier molecular flexibility index (Phi) is 3.27. The van der Waals surface area contributed by atoms with Gasteiger partial charge in [0.1, 0.15) is 11.8 Å². The number of nitrogens with zero attached hydrogens (tertiary/aromatic N) is 1. The molecule has 0 aliphatic heterocycles. The predicted octanol–water partition coefficient (Wildman–Crippen LogP) is 4.14. The van der Waals surface area contributed by atoms with E-state index in [0.29, 0.717) is 10.8 Å². The van der Waals surface area contributed by atoms with Crippen LogP contribution in [0.5, 0.6) is 11.5 Å². The molecule has 4 heteroatoms. The molecule has 0 atom stereocenters. The maximum Gasteiger partial charge on any atom is 0.180 e. The fraction of sp³-hybridized carbons (Fsp3) is 0. The molecule has 0 saturated carbocycles. The van der Waals surface area contributed by atoms with E-state index in [1.54, 1.807) is 24.3 Å². The summed E-state index contributed by atoms with van der Waals surface area (Å²) in [5, 5.41) is 9.22. The molecule has 2 rings (SSSR count). The van der Waals surface area contributed by atoms with Crippen molar-refractivity contribution in [1.82, 2.24) is 0 Å². The number of benzene rings is 2. The number of nitriles is 1. The van der Waals surface area contributed by atoms with Gasteiger partial charge in [-0.3, -0.25) is 0 Å². The van der Waals surface area contributed by atoms with E-state index >= 15 is 0 Å². The van der Waals surface area contributed by atoms with Gasteiger partial charge in [0.05, 0.1) is 10.6 Å². The van der Waals surface area contributed by atoms with E-state index in [2.05, 4.69) is 0 Å². The smallest absolute Gasteiger partial charge is 0.180 e. The fourth-order valence-electron chi connectivity index (χ4n) is 1.34. The standard InChI is InChI=1S/C13H7ClFNO/c14-10-5-1-2-7-12(10)17-13-9(8-16)4-3-6-11(13)15/h1-7H. The van der Waals surface area contributed by atoms with Gasteiger partial charge < -0.3 is 4.74 Å². The average Bonchev–Trinajstić information content (AvgIpc) is 2.34. The summed E-state index contributed by atoms with van der Waals surface area (Å²) in [6.07, 6.45) is 0. The van der Waals surface area contributed by atoms with Crippen LogP contribution in [0.2, 0.25) is 5.02 Å². The first kappa shape index (κ1) is 11.4. The second-order valence-corrected chi connectivity index (χ2v) is 3.67. The van der Waals surface area contributed by atoms with Gasteiger partial charge in [0.25, 0.3) is 0 Å². The van der Waals surface area contributed by atoms with E-state index in [4.69, 9.17) is 21.6 Å². The summed E-state index contributed by atoms with van der Waals surface area (Å²) in [6.45, 7) is 0. The zero-order valence-electron chi connectivity index (χ0n) is 8.65. The summed E-state index contributed by atoms with van der Waals surface area (Å²) in [5.41, 5.74) is 0.130. The van der Waals surface area contributed by atoms with Crippen molar-refractivity contribution in [3.05, 3.63) is 58.9 Å². The van der Waals surface area contributed by atoms with Crippen molar-refractivity contribution in [2.45, 2.75) is 0 Å². The SMILES string of the molecule is N#Cc1cccc(F)c1Oc1ccccc1Cl. The molecule has 0 aliphatic carbocycles. The third-order valence-electron chi connectivity index (χ3n) is 2.14. The molecule has 0 radical (unpaired) electrons. The van der Waals surface area contributed by atoms with Crippen molar-refractivity contribution < 1.29 is 9.13 Å². The van der Waals surface area contributed by atoms with Gasteiger partial charge in [-0.05, 0) is 24.3 Å². The Bertz CT molecular complexity index is 592. The van der Waals surface area contributed by atoms with Crippen molar-refractivity contribution in [3.63, 3.8) is 0 Å². The molecule has 0 aliphatic rings. The summed E-state index contributed by atoms with van der Waals surface area (Å²) >= 11 is 5.89. The first-order chi connectivity index (χ1) is 8.22. The Hall–Kier alpha value is -2.05. The molecule has 0 N–H and O–H groups in total. The lowest BCUT2D eigenvalue weighted by atomic mass is 10.2. The topological polar surface area (TPSA) is 33.0 Å². The monoisotopic (exact) mass is 247 g/mol. The minimum absolute atomic E-state index is 0.108. The summed E-state index contributed by atoms with van der Waals surface area (Å²) in [6, 6.07) is 12.7. The molecule has 2 aromatic rings. The number of para-hydroxylation sites is 2. The highest BCUT2D eigenvalue weighted by molar-refractivity contribution is 6.32. The molecule has 84 valence electrons. The second-order valence-electron chi connectivity index (χ2n) is 3.26. The number of ether oxygens (including phenoxy) is 1. The van der Waals surface area contributed by atoms with Crippen LogP contribution >= 0.6 is 11.6 Å². The van der Waals surface area contributed by atoms with Crippen LogP contribution in [0.4, 0.5) is 4.39 Å². The van der Waals surface area contributed by atoms with Gasteiger partial charge in [0, 0.05) is 0 Å². The van der Waals surface area contributed by atoms with Gasteiger partial charge in [-0.15, -0.1) is 0 Å². The van der Waals surface area contributed by atoms with Gasteiger partial charge in [-0.1, -0.05) is 29.8 Å². The Morgan fingerprint density at radius 3 is 2.59 bits per heavy atom. The average molecular weight is 248 g/mol. The lowest BCUT2D eigenvalue weighted by molar-refractivity contribution is 0.441. The molecule has 0 bridgehead atoms. The van der Waals surface area contributed by atoms with Crippen LogP contribution in [0.1, 0.15) is 5.56 Å². The van der Waals surface area contributed by atoms with E-state index < -0.39 is 5.82 Å². The molecule has 0 unspecified atom stereocenters. The highest BCUT2D eigenvalue weighted by atomic mass is 35.5. The van der Waals surface area contributed by atoms with E-state index in [1.165, 1.54) is 18.2 Å². The quantitative estimate of drug-likeness (QED) is 0.799. The first-order valence-electron chi connectivity index (χ1n) is 4.83. The summed E-state index contributed by atoms with van der Waals surface area (Å²) in [5.74, 6) is -0.386. The first-order valence-corrected chi connectivity index (χ1v) is 5.21. The predicted molar refractivity (Wildman–Crippen MR) is 62.6 cm³/mol. The van der Waals surface area contributed by atoms with Crippen LogP contribution in [0.15, 0.2) is 42.5 Å². The molecule has 0 aromatic heterocycles. The Morgan fingerprint density at radius 2 is 1.88 bits per heavy atom. The van der Waals surface area contributed by atoms with Gasteiger partial charge in [0.15, 0.2) is 11.6 Å². The van der Waals surface area contributed by atoms with Crippen molar-refractivity contribution in [2.75, 3.05) is 0 Å². The molecular weight excluding hydrogens is 241 g/mol. The largest absolute Gasteiger partial charge is 0.451 e. The highest BCUT2D eigenvalue weighted by Gasteiger charge is 2.11. The summed E-state index contributed by atoms with van der Waals surface area (Å²) in [4.78, 5) is 0. The number of hydrogen-bond acceptors (Lipinski definition) is 2. The van der Waals surface area contributed by atoms with Crippen LogP contribution in [0.3, 0.4) is 0 Å². The van der Waals surface area contributed by atoms with Gasteiger partial charge in [-0.25, -0.2) is 4.39 Å². The molecule has 2 aromatic carbocycles. The van der Waals surface area contributed by atoms with Crippen molar-refractivity contribution in [2.24, 2.45) is 0 Å². The third kappa shape index (κ3) is 2.38. The van der Waals surface area contributed by atoms with Gasteiger partial charge in [0.2, 0.25) is 0 Å². The molecular formula is C13H7ClFNO. The lowest BCUT2D eigenvalue weighted by Crippen LogP contribution is -1.92. The second kappa shape index (κ2) is 4.86. The number of halogens is 2. The maximum atomic E-state index is 13.5. The molecule has 0 fully saturated rings. The highest BCUT2D eigenvalue weighted by Crippen LogP contribution is 2.32. The summed E-state index contributed by atoms with van der Waals surface area (Å²) < 4.78 is 18.9. The van der Waals surface area contributed by atoms with E-state index in [9.17, 15) is 4.39 Å². The Balaban J connectivity index is 2.44. The lowest BCUT2D eigenvalue weighted by Gasteiger charge is -2.09. The van der Waals surface area contributed by atoms with Crippen LogP contribution in [0, 0.1) is 17.1 Å². The van der Waals surface area contributed by atoms with Crippen molar-refractivity contribution >= 4 is 11.6 Å². The van der Waals surface area contributed by atoms with E-state index in [1.807, 2.05) is 6.07 Å². The normalized spacial score (nSPS) is 9.71. The minimum atomic E-state index is -0.594. The van der Waals surface area contributed by atoms with Crippen LogP contribution in [0.25, 0.3) is 0 Å². The Labute approximate surface area is 103 Å². The third-order valence-corrected chi connectivity index (χ3v) is 2.45. The van der Waals surface area contributed by atoms with E-state index in [-0.39, 0.29) is 11.3 Å². The van der Waals surface area contributed by atoms with Gasteiger partial charge >= 0.3 is 0 Å². The molecule has 0 saturated heterocycles. The molecule has 0 spiro atoms.